The van der Waals surface area contributed by atoms with Gasteiger partial charge < -0.3 is 9.64 Å². The summed E-state index contributed by atoms with van der Waals surface area (Å²) in [7, 11) is 0. The zero-order chi connectivity index (χ0) is 19.7. The lowest BCUT2D eigenvalue weighted by atomic mass is 10.1. The van der Waals surface area contributed by atoms with E-state index in [0.717, 1.165) is 35.8 Å². The molecule has 0 aromatic carbocycles. The van der Waals surface area contributed by atoms with Crippen LogP contribution in [0.2, 0.25) is 5.02 Å². The Morgan fingerprint density at radius 1 is 1.14 bits per heavy atom. The number of hydrogen-bond donors (Lipinski definition) is 0. The molecule has 1 saturated heterocycles. The van der Waals surface area contributed by atoms with E-state index in [-0.39, 0.29) is 0 Å². The SMILES string of the molecule is CCOC(=O)c1cc(C)n(Cc2cc(Cl)cc3cc(N4CCCCC4)nn23)n1. The van der Waals surface area contributed by atoms with Gasteiger partial charge in [0.25, 0.3) is 0 Å². The molecule has 0 spiro atoms. The third-order valence-electron chi connectivity index (χ3n) is 5.04. The Morgan fingerprint density at radius 3 is 2.68 bits per heavy atom. The summed E-state index contributed by atoms with van der Waals surface area (Å²) in [6.45, 7) is 6.56. The molecule has 0 saturated carbocycles. The summed E-state index contributed by atoms with van der Waals surface area (Å²) in [5.41, 5.74) is 3.05. The molecule has 0 atom stereocenters. The van der Waals surface area contributed by atoms with E-state index in [9.17, 15) is 4.79 Å². The van der Waals surface area contributed by atoms with Crippen LogP contribution in [-0.2, 0) is 11.3 Å². The Hall–Kier alpha value is -2.54. The zero-order valence-electron chi connectivity index (χ0n) is 16.2. The van der Waals surface area contributed by atoms with Gasteiger partial charge in [-0.05, 0) is 51.3 Å². The number of halogens is 1. The van der Waals surface area contributed by atoms with Crippen molar-refractivity contribution in [3.05, 3.63) is 46.4 Å². The second-order valence-electron chi connectivity index (χ2n) is 7.10. The van der Waals surface area contributed by atoms with Crippen LogP contribution in [0.15, 0.2) is 24.3 Å². The van der Waals surface area contributed by atoms with Crippen LogP contribution >= 0.6 is 11.6 Å². The second-order valence-corrected chi connectivity index (χ2v) is 7.54. The Bertz CT molecular complexity index is 1000. The van der Waals surface area contributed by atoms with Crippen LogP contribution in [-0.4, -0.2) is 45.1 Å². The van der Waals surface area contributed by atoms with E-state index in [1.165, 1.54) is 19.3 Å². The van der Waals surface area contributed by atoms with Crippen molar-refractivity contribution in [2.24, 2.45) is 0 Å². The Morgan fingerprint density at radius 2 is 1.93 bits per heavy atom. The molecule has 1 fully saturated rings. The van der Waals surface area contributed by atoms with Crippen LogP contribution in [0.25, 0.3) is 5.52 Å². The summed E-state index contributed by atoms with van der Waals surface area (Å²) >= 11 is 6.36. The maximum Gasteiger partial charge on any atom is 0.358 e. The molecule has 4 heterocycles. The van der Waals surface area contributed by atoms with Crippen LogP contribution in [0.3, 0.4) is 0 Å². The van der Waals surface area contributed by atoms with E-state index in [1.807, 2.05) is 23.6 Å². The molecular weight excluding hydrogens is 378 g/mol. The highest BCUT2D eigenvalue weighted by Gasteiger charge is 2.18. The van der Waals surface area contributed by atoms with Crippen molar-refractivity contribution in [1.82, 2.24) is 19.4 Å². The third-order valence-corrected chi connectivity index (χ3v) is 5.26. The Labute approximate surface area is 168 Å². The predicted molar refractivity (Wildman–Crippen MR) is 108 cm³/mol. The number of aryl methyl sites for hydroxylation is 1. The van der Waals surface area contributed by atoms with Crippen molar-refractivity contribution >= 4 is 28.9 Å². The molecule has 148 valence electrons. The number of fused-ring (bicyclic) bond motifs is 1. The minimum absolute atomic E-state index is 0.312. The predicted octanol–water partition coefficient (Wildman–Crippen LogP) is 3.71. The Kier molecular flexibility index (Phi) is 5.26. The van der Waals surface area contributed by atoms with Gasteiger partial charge in [-0.3, -0.25) is 4.68 Å². The first-order valence-electron chi connectivity index (χ1n) is 9.70. The van der Waals surface area contributed by atoms with Crippen molar-refractivity contribution in [2.45, 2.75) is 39.7 Å². The van der Waals surface area contributed by atoms with Gasteiger partial charge in [0.2, 0.25) is 0 Å². The molecule has 4 rings (SSSR count). The lowest BCUT2D eigenvalue weighted by Crippen LogP contribution is -2.29. The number of ether oxygens (including phenoxy) is 1. The normalized spacial score (nSPS) is 14.6. The summed E-state index contributed by atoms with van der Waals surface area (Å²) in [6.07, 6.45) is 3.68. The van der Waals surface area contributed by atoms with E-state index < -0.39 is 5.97 Å². The molecule has 0 N–H and O–H groups in total. The first-order valence-corrected chi connectivity index (χ1v) is 10.1. The minimum Gasteiger partial charge on any atom is -0.461 e. The van der Waals surface area contributed by atoms with Crippen molar-refractivity contribution < 1.29 is 9.53 Å². The van der Waals surface area contributed by atoms with Crippen molar-refractivity contribution in [2.75, 3.05) is 24.6 Å². The first-order chi connectivity index (χ1) is 13.5. The number of carbonyl (C=O) groups is 1. The van der Waals surface area contributed by atoms with Gasteiger partial charge in [-0.15, -0.1) is 5.10 Å². The highest BCUT2D eigenvalue weighted by Crippen LogP contribution is 2.24. The van der Waals surface area contributed by atoms with Crippen LogP contribution in [0.4, 0.5) is 5.82 Å². The van der Waals surface area contributed by atoms with Crippen molar-refractivity contribution in [3.8, 4) is 0 Å². The van der Waals surface area contributed by atoms with Gasteiger partial charge >= 0.3 is 5.97 Å². The van der Waals surface area contributed by atoms with Crippen LogP contribution in [0.1, 0.15) is 48.1 Å². The molecule has 8 heteroatoms. The van der Waals surface area contributed by atoms with Gasteiger partial charge in [0.1, 0.15) is 0 Å². The quantitative estimate of drug-likeness (QED) is 0.610. The number of anilines is 1. The van der Waals surface area contributed by atoms with E-state index in [4.69, 9.17) is 21.4 Å². The molecule has 0 radical (unpaired) electrons. The Balaban J connectivity index is 1.66. The van der Waals surface area contributed by atoms with Crippen molar-refractivity contribution in [1.29, 1.82) is 0 Å². The average Bonchev–Trinajstić information content (AvgIpc) is 3.27. The molecule has 1 aliphatic heterocycles. The molecule has 3 aromatic rings. The molecule has 28 heavy (non-hydrogen) atoms. The number of rotatable bonds is 5. The fourth-order valence-electron chi connectivity index (χ4n) is 3.64. The monoisotopic (exact) mass is 401 g/mol. The first kappa shape index (κ1) is 18.8. The van der Waals surface area contributed by atoms with Gasteiger partial charge in [0.15, 0.2) is 11.5 Å². The number of carbonyl (C=O) groups excluding carboxylic acids is 1. The van der Waals surface area contributed by atoms with Gasteiger partial charge in [-0.2, -0.15) is 5.10 Å². The number of esters is 1. The summed E-state index contributed by atoms with van der Waals surface area (Å²) < 4.78 is 8.74. The number of aromatic nitrogens is 4. The zero-order valence-corrected chi connectivity index (χ0v) is 16.9. The molecular formula is C20H24ClN5O2. The maximum atomic E-state index is 12.0. The molecule has 0 aliphatic carbocycles. The number of piperidine rings is 1. The molecule has 0 amide bonds. The maximum absolute atomic E-state index is 12.0. The van der Waals surface area contributed by atoms with E-state index in [0.29, 0.717) is 23.9 Å². The molecule has 0 unspecified atom stereocenters. The standard InChI is InChI=1S/C20H24ClN5O2/c1-3-28-20(27)18-9-14(2)25(22-18)13-17-11-15(21)10-16-12-19(23-26(16)17)24-7-5-4-6-8-24/h9-12H,3-8,13H2,1-2H3. The van der Waals surface area contributed by atoms with Crippen LogP contribution in [0, 0.1) is 6.92 Å². The molecule has 3 aromatic heterocycles. The number of nitrogens with zero attached hydrogens (tertiary/aromatic N) is 5. The lowest BCUT2D eigenvalue weighted by molar-refractivity contribution is 0.0518. The second kappa shape index (κ2) is 7.83. The fourth-order valence-corrected chi connectivity index (χ4v) is 3.87. The average molecular weight is 402 g/mol. The minimum atomic E-state index is -0.410. The highest BCUT2D eigenvalue weighted by atomic mass is 35.5. The fraction of sp³-hybridized carbons (Fsp3) is 0.450. The number of hydrogen-bond acceptors (Lipinski definition) is 5. The van der Waals surface area contributed by atoms with Crippen molar-refractivity contribution in [3.63, 3.8) is 0 Å². The smallest absolute Gasteiger partial charge is 0.358 e. The molecule has 0 bridgehead atoms. The summed E-state index contributed by atoms with van der Waals surface area (Å²) in [5, 5.41) is 9.89. The van der Waals surface area contributed by atoms with Gasteiger partial charge in [-0.25, -0.2) is 9.31 Å². The van der Waals surface area contributed by atoms with Gasteiger partial charge in [0, 0.05) is 29.9 Å². The highest BCUT2D eigenvalue weighted by molar-refractivity contribution is 6.31. The van der Waals surface area contributed by atoms with E-state index in [2.05, 4.69) is 16.1 Å². The lowest BCUT2D eigenvalue weighted by Gasteiger charge is -2.26. The topological polar surface area (TPSA) is 64.7 Å². The summed E-state index contributed by atoms with van der Waals surface area (Å²) in [4.78, 5) is 14.3. The number of pyridine rings is 1. The van der Waals surface area contributed by atoms with Crippen LogP contribution in [0.5, 0.6) is 0 Å². The van der Waals surface area contributed by atoms with E-state index in [1.54, 1.807) is 17.7 Å². The summed E-state index contributed by atoms with van der Waals surface area (Å²) in [6, 6.07) is 7.64. The summed E-state index contributed by atoms with van der Waals surface area (Å²) in [5.74, 6) is 0.569. The van der Waals surface area contributed by atoms with Gasteiger partial charge in [0.05, 0.1) is 24.4 Å². The van der Waals surface area contributed by atoms with Crippen LogP contribution < -0.4 is 4.90 Å². The molecule has 1 aliphatic rings. The molecule has 7 nitrogen and oxygen atoms in total. The third kappa shape index (κ3) is 3.71. The van der Waals surface area contributed by atoms with Gasteiger partial charge in [-0.1, -0.05) is 11.6 Å². The largest absolute Gasteiger partial charge is 0.461 e. The van der Waals surface area contributed by atoms with E-state index >= 15 is 0 Å².